The number of hydrogen-bond acceptors (Lipinski definition) is 2. The average molecular weight is 255 g/mol. The first-order chi connectivity index (χ1) is 8.57. The highest BCUT2D eigenvalue weighted by Gasteiger charge is 2.39. The zero-order valence-electron chi connectivity index (χ0n) is 10.4. The van der Waals surface area contributed by atoms with Gasteiger partial charge in [0.15, 0.2) is 0 Å². The molecule has 0 bridgehead atoms. The van der Waals surface area contributed by atoms with Gasteiger partial charge in [-0.3, -0.25) is 0 Å². The molecule has 0 heterocycles. The van der Waals surface area contributed by atoms with E-state index in [0.717, 1.165) is 17.7 Å². The number of alkyl halides is 2. The van der Waals surface area contributed by atoms with E-state index in [9.17, 15) is 8.78 Å². The Bertz CT molecular complexity index is 395. The Morgan fingerprint density at radius 1 is 1.33 bits per heavy atom. The topological polar surface area (TPSA) is 35.2 Å². The molecule has 4 heteroatoms. The lowest BCUT2D eigenvalue weighted by molar-refractivity contribution is -0.00125. The summed E-state index contributed by atoms with van der Waals surface area (Å²) in [6.07, 6.45) is 1.28. The van der Waals surface area contributed by atoms with E-state index in [-0.39, 0.29) is 18.8 Å². The molecule has 0 amide bonds. The summed E-state index contributed by atoms with van der Waals surface area (Å²) in [5, 5.41) is 0. The van der Waals surface area contributed by atoms with Crippen molar-refractivity contribution in [1.82, 2.24) is 0 Å². The van der Waals surface area contributed by atoms with E-state index in [1.54, 1.807) is 0 Å². The molecule has 2 N–H and O–H groups in total. The molecule has 0 radical (unpaired) electrons. The fourth-order valence-corrected chi connectivity index (χ4v) is 2.38. The van der Waals surface area contributed by atoms with Crippen LogP contribution in [0.25, 0.3) is 0 Å². The van der Waals surface area contributed by atoms with E-state index in [1.807, 2.05) is 24.3 Å². The van der Waals surface area contributed by atoms with Crippen molar-refractivity contribution in [2.24, 2.45) is 5.92 Å². The molecule has 1 aliphatic rings. The van der Waals surface area contributed by atoms with Gasteiger partial charge in [0.05, 0.1) is 6.61 Å². The Kier molecular flexibility index (Phi) is 4.17. The van der Waals surface area contributed by atoms with Gasteiger partial charge in [-0.25, -0.2) is 8.78 Å². The summed E-state index contributed by atoms with van der Waals surface area (Å²) in [6, 6.07) is 7.64. The lowest BCUT2D eigenvalue weighted by atomic mass is 10.1. The van der Waals surface area contributed by atoms with Gasteiger partial charge in [0.2, 0.25) is 5.92 Å². The Hall–Kier alpha value is -1.16. The zero-order valence-corrected chi connectivity index (χ0v) is 10.4. The monoisotopic (exact) mass is 255 g/mol. The normalized spacial score (nSPS) is 22.2. The van der Waals surface area contributed by atoms with E-state index >= 15 is 0 Å². The van der Waals surface area contributed by atoms with Crippen LogP contribution in [0.1, 0.15) is 24.8 Å². The van der Waals surface area contributed by atoms with Crippen molar-refractivity contribution in [3.8, 4) is 0 Å². The maximum Gasteiger partial charge on any atom is 0.248 e. The third kappa shape index (κ3) is 3.67. The number of ether oxygens (including phenoxy) is 1. The standard InChI is InChI=1S/C14H19F2NO/c15-14(16)7-5-11(9-14)10-18-8-6-12-3-1-2-4-13(12)17/h1-4,11H,5-10,17H2. The molecule has 1 aromatic carbocycles. The first-order valence-electron chi connectivity index (χ1n) is 6.36. The van der Waals surface area contributed by atoms with E-state index in [4.69, 9.17) is 10.5 Å². The van der Waals surface area contributed by atoms with Crippen LogP contribution in [-0.2, 0) is 11.2 Å². The minimum absolute atomic E-state index is 0.00661. The molecule has 2 rings (SSSR count). The van der Waals surface area contributed by atoms with Crippen molar-refractivity contribution < 1.29 is 13.5 Å². The van der Waals surface area contributed by atoms with Gasteiger partial charge < -0.3 is 10.5 Å². The molecular formula is C14H19F2NO. The first kappa shape index (κ1) is 13.3. The number of nitrogen functional groups attached to an aromatic ring is 1. The van der Waals surface area contributed by atoms with Crippen LogP contribution < -0.4 is 5.73 Å². The minimum atomic E-state index is -2.47. The molecule has 1 aliphatic carbocycles. The van der Waals surface area contributed by atoms with Gasteiger partial charge in [-0.05, 0) is 30.4 Å². The summed E-state index contributed by atoms with van der Waals surface area (Å²) in [4.78, 5) is 0. The highest BCUT2D eigenvalue weighted by Crippen LogP contribution is 2.38. The summed E-state index contributed by atoms with van der Waals surface area (Å²) in [5.74, 6) is -2.47. The van der Waals surface area contributed by atoms with Crippen molar-refractivity contribution in [2.45, 2.75) is 31.6 Å². The number of benzene rings is 1. The number of anilines is 1. The van der Waals surface area contributed by atoms with Crippen molar-refractivity contribution in [3.05, 3.63) is 29.8 Å². The number of para-hydroxylation sites is 1. The van der Waals surface area contributed by atoms with Gasteiger partial charge in [-0.2, -0.15) is 0 Å². The Morgan fingerprint density at radius 3 is 2.78 bits per heavy atom. The fourth-order valence-electron chi connectivity index (χ4n) is 2.38. The number of halogens is 2. The molecule has 1 aromatic rings. The van der Waals surface area contributed by atoms with Gasteiger partial charge in [-0.1, -0.05) is 18.2 Å². The van der Waals surface area contributed by atoms with Crippen molar-refractivity contribution in [3.63, 3.8) is 0 Å². The summed E-state index contributed by atoms with van der Waals surface area (Å²) in [7, 11) is 0. The molecule has 1 fully saturated rings. The van der Waals surface area contributed by atoms with Crippen LogP contribution in [-0.4, -0.2) is 19.1 Å². The molecular weight excluding hydrogens is 236 g/mol. The van der Waals surface area contributed by atoms with Gasteiger partial charge in [0, 0.05) is 25.1 Å². The second-order valence-corrected chi connectivity index (χ2v) is 4.99. The number of nitrogens with two attached hydrogens (primary N) is 1. The summed E-state index contributed by atoms with van der Waals surface area (Å²) >= 11 is 0. The predicted octanol–water partition coefficient (Wildman–Crippen LogP) is 3.26. The number of rotatable bonds is 5. The van der Waals surface area contributed by atoms with Crippen LogP contribution in [0.3, 0.4) is 0 Å². The molecule has 100 valence electrons. The largest absolute Gasteiger partial charge is 0.399 e. The maximum absolute atomic E-state index is 12.9. The zero-order chi connectivity index (χ0) is 13.0. The highest BCUT2D eigenvalue weighted by atomic mass is 19.3. The molecule has 1 atom stereocenters. The predicted molar refractivity (Wildman–Crippen MR) is 67.7 cm³/mol. The van der Waals surface area contributed by atoms with Crippen LogP contribution >= 0.6 is 0 Å². The van der Waals surface area contributed by atoms with E-state index in [0.29, 0.717) is 19.6 Å². The van der Waals surface area contributed by atoms with Crippen molar-refractivity contribution in [1.29, 1.82) is 0 Å². The lowest BCUT2D eigenvalue weighted by Gasteiger charge is -2.11. The third-order valence-electron chi connectivity index (χ3n) is 3.43. The summed E-state index contributed by atoms with van der Waals surface area (Å²) in [5.41, 5.74) is 7.61. The third-order valence-corrected chi connectivity index (χ3v) is 3.43. The van der Waals surface area contributed by atoms with Gasteiger partial charge >= 0.3 is 0 Å². The van der Waals surface area contributed by atoms with Crippen LogP contribution in [0.5, 0.6) is 0 Å². The van der Waals surface area contributed by atoms with Gasteiger partial charge in [0.1, 0.15) is 0 Å². The van der Waals surface area contributed by atoms with Crippen LogP contribution in [0.4, 0.5) is 14.5 Å². The Labute approximate surface area is 106 Å². The quantitative estimate of drug-likeness (QED) is 0.647. The smallest absolute Gasteiger partial charge is 0.248 e. The fraction of sp³-hybridized carbons (Fsp3) is 0.571. The molecule has 18 heavy (non-hydrogen) atoms. The second-order valence-electron chi connectivity index (χ2n) is 4.99. The molecule has 0 saturated heterocycles. The summed E-state index contributed by atoms with van der Waals surface area (Å²) < 4.78 is 31.4. The molecule has 0 spiro atoms. The molecule has 1 unspecified atom stereocenters. The van der Waals surface area contributed by atoms with E-state index in [1.165, 1.54) is 0 Å². The Balaban J connectivity index is 1.67. The average Bonchev–Trinajstić information content (AvgIpc) is 2.67. The van der Waals surface area contributed by atoms with Gasteiger partial charge in [-0.15, -0.1) is 0 Å². The van der Waals surface area contributed by atoms with Crippen molar-refractivity contribution in [2.75, 3.05) is 18.9 Å². The van der Waals surface area contributed by atoms with Crippen molar-refractivity contribution >= 4 is 5.69 Å². The highest BCUT2D eigenvalue weighted by molar-refractivity contribution is 5.46. The molecule has 2 nitrogen and oxygen atoms in total. The summed E-state index contributed by atoms with van der Waals surface area (Å²) in [6.45, 7) is 0.971. The SMILES string of the molecule is Nc1ccccc1CCOCC1CCC(F)(F)C1. The first-order valence-corrected chi connectivity index (χ1v) is 6.36. The van der Waals surface area contributed by atoms with Crippen LogP contribution in [0.2, 0.25) is 0 Å². The Morgan fingerprint density at radius 2 is 2.11 bits per heavy atom. The molecule has 0 aromatic heterocycles. The van der Waals surface area contributed by atoms with Crippen LogP contribution in [0.15, 0.2) is 24.3 Å². The van der Waals surface area contributed by atoms with E-state index < -0.39 is 5.92 Å². The second kappa shape index (κ2) is 5.65. The van der Waals surface area contributed by atoms with Gasteiger partial charge in [0.25, 0.3) is 0 Å². The molecule has 1 saturated carbocycles. The number of hydrogen-bond donors (Lipinski definition) is 1. The maximum atomic E-state index is 12.9. The minimum Gasteiger partial charge on any atom is -0.399 e. The molecule has 0 aliphatic heterocycles. The lowest BCUT2D eigenvalue weighted by Crippen LogP contribution is -2.13. The van der Waals surface area contributed by atoms with E-state index in [2.05, 4.69) is 0 Å². The van der Waals surface area contributed by atoms with Crippen LogP contribution in [0, 0.1) is 5.92 Å².